The molecule has 2 aliphatic carbocycles. The summed E-state index contributed by atoms with van der Waals surface area (Å²) in [6.45, 7) is 27.5. The molecule has 2 saturated heterocycles. The molecule has 0 spiro atoms. The third kappa shape index (κ3) is 13.6. The van der Waals surface area contributed by atoms with Gasteiger partial charge in [-0.15, -0.1) is 24.0 Å². The molecule has 1 unspecified atom stereocenters. The van der Waals surface area contributed by atoms with Crippen LogP contribution in [0.25, 0.3) is 4.65 Å². The van der Waals surface area contributed by atoms with Crippen molar-refractivity contribution >= 4 is 58.4 Å². The van der Waals surface area contributed by atoms with Gasteiger partial charge in [-0.3, -0.25) is 14.4 Å². The zero-order valence-electron chi connectivity index (χ0n) is 28.9. The summed E-state index contributed by atoms with van der Waals surface area (Å²) < 4.78 is 23.9. The first-order valence-electron chi connectivity index (χ1n) is 14.2. The summed E-state index contributed by atoms with van der Waals surface area (Å²) in [5, 5.41) is 8.85. The van der Waals surface area contributed by atoms with Crippen LogP contribution >= 0.6 is 24.0 Å². The molecule has 0 bridgehead atoms. The number of aliphatic hydroxyl groups excluding tert-OH is 1. The summed E-state index contributed by atoms with van der Waals surface area (Å²) in [5.74, 6) is 0.416. The Morgan fingerprint density at radius 3 is 1.67 bits per heavy atom. The van der Waals surface area contributed by atoms with Crippen molar-refractivity contribution in [1.29, 1.82) is 0 Å². The van der Waals surface area contributed by atoms with E-state index in [1.807, 2.05) is 27.7 Å². The van der Waals surface area contributed by atoms with E-state index in [0.717, 1.165) is 6.61 Å². The number of halogens is 1. The number of cyclic esters (lactones) is 1. The van der Waals surface area contributed by atoms with Gasteiger partial charge in [0.05, 0.1) is 51.8 Å². The first-order chi connectivity index (χ1) is 18.0. The minimum atomic E-state index is -1.11. The molecular weight excluding hydrogens is 680 g/mol. The number of rotatable bonds is 7. The van der Waals surface area contributed by atoms with Crippen LogP contribution in [0.2, 0.25) is 39.3 Å². The molecule has 2 heterocycles. The number of aliphatic hydroxyl groups is 1. The monoisotopic (exact) mass is 737 g/mol. The zero-order chi connectivity index (χ0) is 31.5. The number of epoxide rings is 1. The number of hydrogen-bond acceptors (Lipinski definition) is 8. The molecule has 42 heavy (non-hydrogen) atoms. The third-order valence-corrected chi connectivity index (χ3v) is 13.5. The van der Waals surface area contributed by atoms with Crippen LogP contribution in [-0.4, -0.2) is 79.6 Å². The normalized spacial score (nSPS) is 27.1. The number of hydrogen-bond donors (Lipinski definition) is 1. The number of ether oxygens (including phenoxy) is 4. The van der Waals surface area contributed by atoms with Crippen molar-refractivity contribution in [3.8, 4) is 0 Å². The number of methoxy groups -OCH3 is 2. The largest absolute Gasteiger partial charge is 1.00 e. The predicted octanol–water partition coefficient (Wildman–Crippen LogP) is 2.87. The van der Waals surface area contributed by atoms with Crippen molar-refractivity contribution in [3.05, 3.63) is 4.65 Å². The average molecular weight is 738 g/mol. The van der Waals surface area contributed by atoms with Gasteiger partial charge in [0.25, 0.3) is 0 Å². The van der Waals surface area contributed by atoms with Crippen molar-refractivity contribution in [2.45, 2.75) is 93.3 Å². The zero-order valence-corrected chi connectivity index (χ0v) is 33.2. The van der Waals surface area contributed by atoms with E-state index >= 15 is 0 Å². The van der Waals surface area contributed by atoms with Crippen molar-refractivity contribution in [3.63, 3.8) is 0 Å². The Morgan fingerprint density at radius 2 is 1.45 bits per heavy atom. The van der Waals surface area contributed by atoms with Gasteiger partial charge in [-0.1, -0.05) is 97.3 Å². The van der Waals surface area contributed by atoms with Crippen LogP contribution in [0.5, 0.6) is 0 Å². The van der Waals surface area contributed by atoms with Gasteiger partial charge in [-0.2, -0.15) is 0 Å². The summed E-state index contributed by atoms with van der Waals surface area (Å²) in [5.41, 5.74) is 0.129. The summed E-state index contributed by atoms with van der Waals surface area (Å²) in [4.78, 5) is 32.7. The topological polar surface area (TPSA) is 126 Å². The van der Waals surface area contributed by atoms with Gasteiger partial charge in [0.1, 0.15) is 0 Å². The van der Waals surface area contributed by atoms with Gasteiger partial charge in [-0.05, 0) is 10.8 Å². The number of carbonyl (C=O) groups is 3. The number of carbonyl (C=O) groups excluding carboxylic acids is 3. The summed E-state index contributed by atoms with van der Waals surface area (Å²) >= 11 is 0. The van der Waals surface area contributed by atoms with Crippen LogP contribution in [0, 0.1) is 39.9 Å². The molecule has 0 aromatic carbocycles. The Balaban J connectivity index is 0. The maximum Gasteiger partial charge on any atom is 1.00 e. The maximum atomic E-state index is 11.0. The van der Waals surface area contributed by atoms with E-state index in [-0.39, 0.29) is 107 Å². The molecule has 1 N–H and O–H groups in total. The van der Waals surface area contributed by atoms with Crippen LogP contribution in [0.15, 0.2) is 0 Å². The molecule has 242 valence electrons. The molecule has 2 aliphatic heterocycles. The van der Waals surface area contributed by atoms with E-state index in [9.17, 15) is 14.4 Å². The van der Waals surface area contributed by atoms with Crippen molar-refractivity contribution in [1.82, 2.24) is 0 Å². The molecule has 0 aromatic rings. The van der Waals surface area contributed by atoms with Crippen LogP contribution in [0.1, 0.15) is 48.0 Å². The van der Waals surface area contributed by atoms with Gasteiger partial charge >= 0.3 is 36.8 Å². The molecule has 5 atom stereocenters. The second-order valence-corrected chi connectivity index (χ2v) is 24.7. The number of fused-ring (bicyclic) bond motifs is 1. The summed E-state index contributed by atoms with van der Waals surface area (Å²) in [6, 6.07) is 0. The average Bonchev–Trinajstić information content (AvgIpc) is 3.71. The fourth-order valence-corrected chi connectivity index (χ4v) is 13.6. The predicted molar refractivity (Wildman–Crippen MR) is 177 cm³/mol. The first-order valence-corrected chi connectivity index (χ1v) is 21.1. The molecule has 13 heteroatoms. The van der Waals surface area contributed by atoms with Gasteiger partial charge in [0, 0.05) is 23.9 Å². The van der Waals surface area contributed by atoms with E-state index in [2.05, 4.69) is 62.6 Å². The molecule has 2 saturated carbocycles. The van der Waals surface area contributed by atoms with Gasteiger partial charge in [-0.25, -0.2) is 0 Å². The SMILES string of the molecule is CC1(C)[C@@H]2C(=O)OC[C@@H]21.COC(=O)CC(C)(C)C1CO1.COC(=O)[C@@H]1[C@@H](CO)C1(C)C.C[Si](C)(C)[N-][Si](C)(C)C.I.[Li+]. The maximum absolute atomic E-state index is 11.0. The van der Waals surface area contributed by atoms with E-state index < -0.39 is 16.5 Å². The molecule has 0 radical (unpaired) electrons. The van der Waals surface area contributed by atoms with E-state index in [4.69, 9.17) is 19.2 Å². The second kappa shape index (κ2) is 16.6. The van der Waals surface area contributed by atoms with Gasteiger partial charge in [0.15, 0.2) is 0 Å². The van der Waals surface area contributed by atoms with Crippen LogP contribution in [0.4, 0.5) is 0 Å². The van der Waals surface area contributed by atoms with E-state index in [1.165, 1.54) is 14.2 Å². The number of esters is 3. The molecule has 0 amide bonds. The Bertz CT molecular complexity index is 889. The Kier molecular flexibility index (Phi) is 17.4. The fourth-order valence-electron chi connectivity index (χ4n) is 5.53. The number of nitrogens with zero attached hydrogens (tertiary/aromatic N) is 1. The molecule has 4 aliphatic rings. The van der Waals surface area contributed by atoms with Crippen molar-refractivity contribution < 1.29 is 57.3 Å². The Labute approximate surface area is 286 Å². The van der Waals surface area contributed by atoms with Crippen LogP contribution < -0.4 is 18.9 Å². The minimum Gasteiger partial charge on any atom is -0.668 e. The van der Waals surface area contributed by atoms with E-state index in [1.54, 1.807) is 0 Å². The molecule has 4 fully saturated rings. The quantitative estimate of drug-likeness (QED) is 0.139. The Hall–Kier alpha value is 0.0512. The molecule has 9 nitrogen and oxygen atoms in total. The first kappa shape index (κ1) is 44.2. The molecular formula is C29H57ILiNO8Si2. The fraction of sp³-hybridized carbons (Fsp3) is 0.897. The Morgan fingerprint density at radius 1 is 0.976 bits per heavy atom. The van der Waals surface area contributed by atoms with Crippen molar-refractivity contribution in [2.75, 3.05) is 34.0 Å². The minimum absolute atomic E-state index is 0. The van der Waals surface area contributed by atoms with Gasteiger partial charge in [0.2, 0.25) is 0 Å². The molecule has 0 aromatic heterocycles. The smallest absolute Gasteiger partial charge is 0.668 e. The summed E-state index contributed by atoms with van der Waals surface area (Å²) in [6.07, 6.45) is 0.690. The second-order valence-electron chi connectivity index (χ2n) is 15.2. The summed E-state index contributed by atoms with van der Waals surface area (Å²) in [7, 11) is 0.577. The van der Waals surface area contributed by atoms with Crippen LogP contribution in [0.3, 0.4) is 0 Å². The standard InChI is InChI=1S/2C8H14O3.C7H10O2.C6H18NSi2.HI.Li/c1-8(2,6-5-11-6)4-7(9)10-3;1-8(2)5(4-9)6(8)7(10)11-3;1-7(2)4-3-9-6(8)5(4)7;1-8(2,3)7-9(4,5)6;;/h6H,4-5H2,1-3H3;5-6,9H,4H2,1-3H3;4-5H,3H2,1-2H3;1-6H3;1H;/q;;;-1;;+1/t;5-,6+;4-,5-;;;/m.10.../s1. The van der Waals surface area contributed by atoms with Crippen LogP contribution in [-0.2, 0) is 33.3 Å². The van der Waals surface area contributed by atoms with E-state index in [0.29, 0.717) is 18.9 Å². The van der Waals surface area contributed by atoms with Gasteiger partial charge < -0.3 is 28.7 Å². The molecule has 4 rings (SSSR count). The van der Waals surface area contributed by atoms with Crippen molar-refractivity contribution in [2.24, 2.45) is 39.9 Å². The third-order valence-electron chi connectivity index (χ3n) is 8.12.